The maximum absolute atomic E-state index is 11.8. The summed E-state index contributed by atoms with van der Waals surface area (Å²) < 4.78 is 9.69. The molecule has 118 valence electrons. The first-order valence-electron chi connectivity index (χ1n) is 7.59. The van der Waals surface area contributed by atoms with Crippen molar-refractivity contribution in [2.75, 3.05) is 13.2 Å². The highest BCUT2D eigenvalue weighted by molar-refractivity contribution is 5.83. The molecule has 0 heterocycles. The van der Waals surface area contributed by atoms with Gasteiger partial charge < -0.3 is 14.6 Å². The topological polar surface area (TPSA) is 72.8 Å². The molecule has 0 aliphatic rings. The number of hydrogen-bond acceptors (Lipinski definition) is 5. The molecule has 0 saturated carbocycles. The van der Waals surface area contributed by atoms with E-state index in [9.17, 15) is 14.7 Å². The number of aliphatic hydroxyl groups excluding tert-OH is 1. The van der Waals surface area contributed by atoms with Crippen LogP contribution in [-0.2, 0) is 19.1 Å². The largest absolute Gasteiger partial charge is 0.466 e. The Labute approximate surface area is 121 Å². The highest BCUT2D eigenvalue weighted by Crippen LogP contribution is 2.18. The van der Waals surface area contributed by atoms with E-state index in [4.69, 9.17) is 9.47 Å². The predicted molar refractivity (Wildman–Crippen MR) is 76.1 cm³/mol. The van der Waals surface area contributed by atoms with E-state index in [0.29, 0.717) is 6.42 Å². The lowest BCUT2D eigenvalue weighted by molar-refractivity contribution is -0.166. The molecule has 0 aromatic rings. The average Bonchev–Trinajstić information content (AvgIpc) is 2.42. The summed E-state index contributed by atoms with van der Waals surface area (Å²) in [5.41, 5.74) is 0. The molecule has 2 atom stereocenters. The minimum atomic E-state index is -1.43. The van der Waals surface area contributed by atoms with Crippen LogP contribution in [0.15, 0.2) is 0 Å². The molecular formula is C15H28O5. The summed E-state index contributed by atoms with van der Waals surface area (Å²) in [7, 11) is 0. The molecule has 20 heavy (non-hydrogen) atoms. The molecule has 0 aliphatic carbocycles. The van der Waals surface area contributed by atoms with Crippen LogP contribution in [0.4, 0.5) is 0 Å². The van der Waals surface area contributed by atoms with E-state index in [1.165, 1.54) is 0 Å². The van der Waals surface area contributed by atoms with Crippen LogP contribution < -0.4 is 0 Å². The number of unbranched alkanes of at least 4 members (excludes halogenated alkanes) is 4. The van der Waals surface area contributed by atoms with Gasteiger partial charge >= 0.3 is 11.9 Å². The third kappa shape index (κ3) is 7.48. The Morgan fingerprint density at radius 2 is 1.45 bits per heavy atom. The van der Waals surface area contributed by atoms with E-state index in [2.05, 4.69) is 6.92 Å². The Balaban J connectivity index is 4.40. The second-order valence-corrected chi connectivity index (χ2v) is 4.76. The maximum atomic E-state index is 11.8. The van der Waals surface area contributed by atoms with Crippen LogP contribution in [0, 0.1) is 5.92 Å². The van der Waals surface area contributed by atoms with Crippen molar-refractivity contribution in [3.05, 3.63) is 0 Å². The van der Waals surface area contributed by atoms with Gasteiger partial charge in [-0.05, 0) is 20.3 Å². The van der Waals surface area contributed by atoms with E-state index in [0.717, 1.165) is 32.1 Å². The summed E-state index contributed by atoms with van der Waals surface area (Å²) in [5.74, 6) is -2.10. The van der Waals surface area contributed by atoms with Gasteiger partial charge in [-0.2, -0.15) is 0 Å². The molecule has 0 fully saturated rings. The van der Waals surface area contributed by atoms with Gasteiger partial charge in [0.15, 0.2) is 6.10 Å². The molecule has 0 amide bonds. The first-order chi connectivity index (χ1) is 9.58. The van der Waals surface area contributed by atoms with Crippen molar-refractivity contribution in [3.63, 3.8) is 0 Å². The zero-order valence-electron chi connectivity index (χ0n) is 12.9. The maximum Gasteiger partial charge on any atom is 0.335 e. The molecule has 0 saturated heterocycles. The van der Waals surface area contributed by atoms with Gasteiger partial charge in [-0.1, -0.05) is 39.0 Å². The number of carbonyl (C=O) groups excluding carboxylic acids is 2. The smallest absolute Gasteiger partial charge is 0.335 e. The average molecular weight is 288 g/mol. The van der Waals surface area contributed by atoms with Gasteiger partial charge in [0.2, 0.25) is 0 Å². The Kier molecular flexibility index (Phi) is 11.1. The molecule has 5 heteroatoms. The predicted octanol–water partition coefficient (Wildman–Crippen LogP) is 2.45. The van der Waals surface area contributed by atoms with Crippen LogP contribution >= 0.6 is 0 Å². The van der Waals surface area contributed by atoms with Gasteiger partial charge in [0.1, 0.15) is 0 Å². The second-order valence-electron chi connectivity index (χ2n) is 4.76. The highest BCUT2D eigenvalue weighted by atomic mass is 16.6. The highest BCUT2D eigenvalue weighted by Gasteiger charge is 2.33. The lowest BCUT2D eigenvalue weighted by Gasteiger charge is -2.19. The SMILES string of the molecule is CCCCCCC[C@@H](C(=O)OCC)[C@H](O)C(=O)OCC. The van der Waals surface area contributed by atoms with E-state index < -0.39 is 24.0 Å². The lowest BCUT2D eigenvalue weighted by Crippen LogP contribution is -2.37. The van der Waals surface area contributed by atoms with Crippen LogP contribution in [0.5, 0.6) is 0 Å². The summed E-state index contributed by atoms with van der Waals surface area (Å²) >= 11 is 0. The lowest BCUT2D eigenvalue weighted by atomic mass is 9.95. The Bertz CT molecular complexity index is 277. The number of carbonyl (C=O) groups is 2. The fraction of sp³-hybridized carbons (Fsp3) is 0.867. The molecule has 0 unspecified atom stereocenters. The van der Waals surface area contributed by atoms with Crippen LogP contribution in [-0.4, -0.2) is 36.4 Å². The molecule has 1 N–H and O–H groups in total. The van der Waals surface area contributed by atoms with Gasteiger partial charge in [0, 0.05) is 0 Å². The van der Waals surface area contributed by atoms with Crippen molar-refractivity contribution in [3.8, 4) is 0 Å². The zero-order valence-corrected chi connectivity index (χ0v) is 12.9. The van der Waals surface area contributed by atoms with E-state index in [1.807, 2.05) is 0 Å². The van der Waals surface area contributed by atoms with Crippen LogP contribution in [0.25, 0.3) is 0 Å². The van der Waals surface area contributed by atoms with Crippen LogP contribution in [0.1, 0.15) is 59.3 Å². The van der Waals surface area contributed by atoms with Gasteiger partial charge in [-0.25, -0.2) is 4.79 Å². The minimum Gasteiger partial charge on any atom is -0.466 e. The van der Waals surface area contributed by atoms with Crippen molar-refractivity contribution in [2.45, 2.75) is 65.4 Å². The number of ether oxygens (including phenoxy) is 2. The van der Waals surface area contributed by atoms with Crippen molar-refractivity contribution in [1.29, 1.82) is 0 Å². The quantitative estimate of drug-likeness (QED) is 0.467. The summed E-state index contributed by atoms with van der Waals surface area (Å²) in [4.78, 5) is 23.4. The van der Waals surface area contributed by atoms with E-state index >= 15 is 0 Å². The Morgan fingerprint density at radius 1 is 0.900 bits per heavy atom. The van der Waals surface area contributed by atoms with Crippen LogP contribution in [0.3, 0.4) is 0 Å². The molecule has 0 spiro atoms. The van der Waals surface area contributed by atoms with Crippen molar-refractivity contribution >= 4 is 11.9 Å². The van der Waals surface area contributed by atoms with Gasteiger partial charge in [-0.15, -0.1) is 0 Å². The minimum absolute atomic E-state index is 0.182. The fourth-order valence-corrected chi connectivity index (χ4v) is 2.01. The number of esters is 2. The second kappa shape index (κ2) is 11.7. The van der Waals surface area contributed by atoms with Gasteiger partial charge in [-0.3, -0.25) is 4.79 Å². The summed E-state index contributed by atoms with van der Waals surface area (Å²) in [6.07, 6.45) is 4.20. The third-order valence-corrected chi connectivity index (χ3v) is 3.12. The van der Waals surface area contributed by atoms with E-state index in [1.54, 1.807) is 13.8 Å². The summed E-state index contributed by atoms with van der Waals surface area (Å²) in [5, 5.41) is 9.93. The van der Waals surface area contributed by atoms with E-state index in [-0.39, 0.29) is 13.2 Å². The molecule has 0 aromatic heterocycles. The standard InChI is InChI=1S/C15H28O5/c1-4-7-8-9-10-11-12(14(17)19-5-2)13(16)15(18)20-6-3/h12-13,16H,4-11H2,1-3H3/t12-,13+/m1/s1. The van der Waals surface area contributed by atoms with Crippen LogP contribution in [0.2, 0.25) is 0 Å². The first kappa shape index (κ1) is 18.9. The third-order valence-electron chi connectivity index (χ3n) is 3.12. The summed E-state index contributed by atoms with van der Waals surface area (Å²) in [6, 6.07) is 0. The van der Waals surface area contributed by atoms with Crippen molar-refractivity contribution in [1.82, 2.24) is 0 Å². The molecule has 0 aliphatic heterocycles. The van der Waals surface area contributed by atoms with Crippen molar-refractivity contribution in [2.24, 2.45) is 5.92 Å². The fourth-order valence-electron chi connectivity index (χ4n) is 2.01. The molecular weight excluding hydrogens is 260 g/mol. The molecule has 0 bridgehead atoms. The molecule has 5 nitrogen and oxygen atoms in total. The van der Waals surface area contributed by atoms with Gasteiger partial charge in [0.25, 0.3) is 0 Å². The number of aliphatic hydroxyl groups is 1. The monoisotopic (exact) mass is 288 g/mol. The normalized spacial score (nSPS) is 13.6. The Morgan fingerprint density at radius 3 is 2.00 bits per heavy atom. The molecule has 0 rings (SSSR count). The number of hydrogen-bond donors (Lipinski definition) is 1. The number of rotatable bonds is 11. The first-order valence-corrected chi connectivity index (χ1v) is 7.59. The van der Waals surface area contributed by atoms with Gasteiger partial charge in [0.05, 0.1) is 19.1 Å². The Hall–Kier alpha value is -1.10. The molecule has 0 aromatic carbocycles. The zero-order chi connectivity index (χ0) is 15.4. The van der Waals surface area contributed by atoms with Crippen molar-refractivity contribution < 1.29 is 24.2 Å². The summed E-state index contributed by atoms with van der Waals surface area (Å²) in [6.45, 7) is 5.91. The molecule has 0 radical (unpaired) electrons.